The van der Waals surface area contributed by atoms with Gasteiger partial charge in [0.25, 0.3) is 0 Å². The quantitative estimate of drug-likeness (QED) is 0.813. The van der Waals surface area contributed by atoms with Crippen LogP contribution in [0.5, 0.6) is 0 Å². The Balaban J connectivity index is 2.15. The summed E-state index contributed by atoms with van der Waals surface area (Å²) < 4.78 is 4.98. The van der Waals surface area contributed by atoms with E-state index in [2.05, 4.69) is 20.3 Å². The molecule has 0 saturated carbocycles. The number of rotatable bonds is 5. The monoisotopic (exact) mass is 279 g/mol. The molecule has 0 bridgehead atoms. The molecular formula is C12H14ClN5O. The van der Waals surface area contributed by atoms with Crippen LogP contribution in [0.3, 0.4) is 0 Å². The first-order valence-corrected chi connectivity index (χ1v) is 6.02. The number of nitrogen functional groups attached to an aromatic ring is 1. The van der Waals surface area contributed by atoms with Gasteiger partial charge in [-0.1, -0.05) is 17.7 Å². The van der Waals surface area contributed by atoms with Crippen molar-refractivity contribution in [3.05, 3.63) is 41.1 Å². The Morgan fingerprint density at radius 2 is 2.26 bits per heavy atom. The molecule has 0 aliphatic carbocycles. The second-order valence-electron chi connectivity index (χ2n) is 3.84. The van der Waals surface area contributed by atoms with Crippen LogP contribution in [0.25, 0.3) is 0 Å². The third-order valence-corrected chi connectivity index (χ3v) is 2.69. The van der Waals surface area contributed by atoms with E-state index in [4.69, 9.17) is 22.1 Å². The average Bonchev–Trinajstić information content (AvgIpc) is 2.42. The molecule has 0 radical (unpaired) electrons. The van der Waals surface area contributed by atoms with E-state index in [0.29, 0.717) is 23.9 Å². The van der Waals surface area contributed by atoms with Crippen molar-refractivity contribution in [3.8, 4) is 0 Å². The molecule has 0 spiro atoms. The molecule has 2 aromatic rings. The summed E-state index contributed by atoms with van der Waals surface area (Å²) >= 11 is 5.95. The second-order valence-corrected chi connectivity index (χ2v) is 4.20. The van der Waals surface area contributed by atoms with Crippen LogP contribution in [-0.2, 0) is 17.9 Å². The molecule has 0 aliphatic rings. The highest BCUT2D eigenvalue weighted by molar-refractivity contribution is 6.32. The number of nitrogens with zero attached hydrogens (tertiary/aromatic N) is 3. The van der Waals surface area contributed by atoms with Crippen molar-refractivity contribution < 1.29 is 4.74 Å². The molecule has 0 saturated heterocycles. The van der Waals surface area contributed by atoms with Gasteiger partial charge in [0.2, 0.25) is 0 Å². The number of anilines is 2. The minimum atomic E-state index is 0.218. The highest BCUT2D eigenvalue weighted by atomic mass is 35.5. The molecule has 7 heteroatoms. The number of hydrogen-bond donors (Lipinski definition) is 2. The van der Waals surface area contributed by atoms with Crippen LogP contribution in [0.2, 0.25) is 5.15 Å². The summed E-state index contributed by atoms with van der Waals surface area (Å²) in [6.45, 7) is 0.833. The first kappa shape index (κ1) is 13.5. The van der Waals surface area contributed by atoms with Crippen LogP contribution in [-0.4, -0.2) is 22.1 Å². The molecule has 0 unspecified atom stereocenters. The molecule has 6 nitrogen and oxygen atoms in total. The number of nitrogens with two attached hydrogens (primary N) is 1. The van der Waals surface area contributed by atoms with Crippen LogP contribution in [0.4, 0.5) is 11.5 Å². The summed E-state index contributed by atoms with van der Waals surface area (Å²) in [5, 5.41) is 3.33. The van der Waals surface area contributed by atoms with E-state index in [1.165, 1.54) is 0 Å². The summed E-state index contributed by atoms with van der Waals surface area (Å²) in [5.41, 5.74) is 7.18. The fraction of sp³-hybridized carbons (Fsp3) is 0.250. The number of hydrogen-bond acceptors (Lipinski definition) is 6. The smallest absolute Gasteiger partial charge is 0.158 e. The Bertz CT molecular complexity index is 549. The number of ether oxygens (including phenoxy) is 1. The first-order valence-electron chi connectivity index (χ1n) is 5.64. The van der Waals surface area contributed by atoms with Crippen molar-refractivity contribution in [2.75, 3.05) is 18.2 Å². The highest BCUT2D eigenvalue weighted by Crippen LogP contribution is 2.24. The van der Waals surface area contributed by atoms with Crippen LogP contribution in [0.1, 0.15) is 11.4 Å². The van der Waals surface area contributed by atoms with Crippen LogP contribution in [0, 0.1) is 0 Å². The van der Waals surface area contributed by atoms with Gasteiger partial charge in [0, 0.05) is 26.0 Å². The largest absolute Gasteiger partial charge is 0.393 e. The molecule has 3 N–H and O–H groups in total. The van der Waals surface area contributed by atoms with Crippen molar-refractivity contribution >= 4 is 23.1 Å². The van der Waals surface area contributed by atoms with Crippen molar-refractivity contribution in [1.29, 1.82) is 0 Å². The lowest BCUT2D eigenvalue weighted by Crippen LogP contribution is -2.09. The molecule has 0 fully saturated rings. The molecule has 0 amide bonds. The second kappa shape index (κ2) is 6.31. The van der Waals surface area contributed by atoms with Crippen molar-refractivity contribution in [1.82, 2.24) is 15.0 Å². The fourth-order valence-corrected chi connectivity index (χ4v) is 1.69. The average molecular weight is 280 g/mol. The lowest BCUT2D eigenvalue weighted by Gasteiger charge is -2.10. The summed E-state index contributed by atoms with van der Waals surface area (Å²) in [7, 11) is 1.57. The van der Waals surface area contributed by atoms with Crippen molar-refractivity contribution in [2.45, 2.75) is 13.2 Å². The van der Waals surface area contributed by atoms with Gasteiger partial charge in [0.1, 0.15) is 12.3 Å². The third-order valence-electron chi connectivity index (χ3n) is 2.40. The van der Waals surface area contributed by atoms with Crippen LogP contribution < -0.4 is 11.1 Å². The Labute approximate surface area is 116 Å². The Hall–Kier alpha value is -1.92. The van der Waals surface area contributed by atoms with Gasteiger partial charge >= 0.3 is 0 Å². The molecular weight excluding hydrogens is 266 g/mol. The number of methoxy groups -OCH3 is 1. The summed E-state index contributed by atoms with van der Waals surface area (Å²) in [6.07, 6.45) is 3.48. The van der Waals surface area contributed by atoms with E-state index < -0.39 is 0 Å². The van der Waals surface area contributed by atoms with Gasteiger partial charge in [-0.2, -0.15) is 0 Å². The van der Waals surface area contributed by atoms with Gasteiger partial charge in [-0.3, -0.25) is 4.98 Å². The van der Waals surface area contributed by atoms with Gasteiger partial charge in [0.15, 0.2) is 16.8 Å². The van der Waals surface area contributed by atoms with Gasteiger partial charge < -0.3 is 15.8 Å². The zero-order chi connectivity index (χ0) is 13.7. The van der Waals surface area contributed by atoms with Crippen molar-refractivity contribution in [3.63, 3.8) is 0 Å². The summed E-state index contributed by atoms with van der Waals surface area (Å²) in [5.74, 6) is 0.978. The van der Waals surface area contributed by atoms with Crippen molar-refractivity contribution in [2.24, 2.45) is 0 Å². The molecule has 2 heterocycles. The standard InChI is InChI=1S/C12H14ClN5O/c1-19-7-9-17-11(13)10(14)12(18-9)16-6-8-3-2-4-15-5-8/h2-5H,6-7,14H2,1H3,(H,16,17,18). The number of halogens is 1. The predicted molar refractivity (Wildman–Crippen MR) is 73.7 cm³/mol. The molecule has 100 valence electrons. The van der Waals surface area contributed by atoms with E-state index in [0.717, 1.165) is 5.56 Å². The van der Waals surface area contributed by atoms with Gasteiger partial charge in [-0.25, -0.2) is 9.97 Å². The maximum atomic E-state index is 5.95. The molecule has 19 heavy (non-hydrogen) atoms. The third kappa shape index (κ3) is 3.52. The molecule has 0 aliphatic heterocycles. The predicted octanol–water partition coefficient (Wildman–Crippen LogP) is 1.87. The van der Waals surface area contributed by atoms with E-state index in [1.54, 1.807) is 19.5 Å². The zero-order valence-corrected chi connectivity index (χ0v) is 11.2. The van der Waals surface area contributed by atoms with E-state index in [9.17, 15) is 0 Å². The molecule has 2 aromatic heterocycles. The van der Waals surface area contributed by atoms with Crippen LogP contribution >= 0.6 is 11.6 Å². The highest BCUT2D eigenvalue weighted by Gasteiger charge is 2.10. The number of nitrogens with one attached hydrogen (secondary N) is 1. The topological polar surface area (TPSA) is 86.0 Å². The van der Waals surface area contributed by atoms with E-state index >= 15 is 0 Å². The van der Waals surface area contributed by atoms with Gasteiger partial charge in [-0.15, -0.1) is 0 Å². The Kier molecular flexibility index (Phi) is 4.48. The molecule has 0 aromatic carbocycles. The minimum absolute atomic E-state index is 0.218. The lowest BCUT2D eigenvalue weighted by atomic mass is 10.3. The maximum Gasteiger partial charge on any atom is 0.158 e. The van der Waals surface area contributed by atoms with E-state index in [-0.39, 0.29) is 11.8 Å². The summed E-state index contributed by atoms with van der Waals surface area (Å²) in [6, 6.07) is 3.82. The lowest BCUT2D eigenvalue weighted by molar-refractivity contribution is 0.178. The Morgan fingerprint density at radius 1 is 1.42 bits per heavy atom. The fourth-order valence-electron chi connectivity index (χ4n) is 1.50. The Morgan fingerprint density at radius 3 is 2.95 bits per heavy atom. The normalized spacial score (nSPS) is 10.4. The van der Waals surface area contributed by atoms with Gasteiger partial charge in [0.05, 0.1) is 0 Å². The molecule has 0 atom stereocenters. The number of aromatic nitrogens is 3. The maximum absolute atomic E-state index is 5.95. The van der Waals surface area contributed by atoms with E-state index in [1.807, 2.05) is 12.1 Å². The zero-order valence-electron chi connectivity index (χ0n) is 10.4. The summed E-state index contributed by atoms with van der Waals surface area (Å²) in [4.78, 5) is 12.3. The molecule has 2 rings (SSSR count). The first-order chi connectivity index (χ1) is 9.20. The van der Waals surface area contributed by atoms with Crippen LogP contribution in [0.15, 0.2) is 24.5 Å². The van der Waals surface area contributed by atoms with Gasteiger partial charge in [-0.05, 0) is 11.6 Å². The number of pyridine rings is 1. The minimum Gasteiger partial charge on any atom is -0.393 e. The SMILES string of the molecule is COCc1nc(Cl)c(N)c(NCc2cccnc2)n1.